The number of rotatable bonds is 3. The van der Waals surface area contributed by atoms with Crippen molar-refractivity contribution in [3.05, 3.63) is 61.0 Å². The highest BCUT2D eigenvalue weighted by molar-refractivity contribution is 9.10. The summed E-state index contributed by atoms with van der Waals surface area (Å²) >= 11 is 6.45. The minimum absolute atomic E-state index is 0.0926. The Labute approximate surface area is 131 Å². The molecule has 7 heteroatoms. The zero-order chi connectivity index (χ0) is 14.7. The van der Waals surface area contributed by atoms with Crippen LogP contribution in [0, 0.1) is 21.4 Å². The predicted octanol–water partition coefficient (Wildman–Crippen LogP) is 4.78. The Balaban J connectivity index is 2.40. The van der Waals surface area contributed by atoms with Crippen LogP contribution in [0.5, 0.6) is 11.5 Å². The summed E-state index contributed by atoms with van der Waals surface area (Å²) in [6, 6.07) is 11.2. The number of halogens is 2. The summed E-state index contributed by atoms with van der Waals surface area (Å²) in [5.41, 5.74) is 0.243. The third-order valence-corrected chi connectivity index (χ3v) is 3.31. The Hall–Kier alpha value is -1.91. The minimum atomic E-state index is -0.510. The standard InChI is InChI=1S/C13H6Br2N2O3/c14-9-1-2-13(8(3-9)7-16)20-12-5-10(15)4-11(6-12)17(18)19/h1-6H. The van der Waals surface area contributed by atoms with E-state index < -0.39 is 4.92 Å². The van der Waals surface area contributed by atoms with Crippen molar-refractivity contribution >= 4 is 37.5 Å². The molecule has 0 aliphatic heterocycles. The fourth-order valence-corrected chi connectivity index (χ4v) is 2.34. The molecule has 0 unspecified atom stereocenters. The van der Waals surface area contributed by atoms with Crippen LogP contribution in [0.15, 0.2) is 45.3 Å². The zero-order valence-corrected chi connectivity index (χ0v) is 13.0. The Bertz CT molecular complexity index is 726. The average molecular weight is 398 g/mol. The summed E-state index contributed by atoms with van der Waals surface area (Å²) < 4.78 is 6.83. The van der Waals surface area contributed by atoms with Gasteiger partial charge in [-0.15, -0.1) is 0 Å². The number of hydrogen-bond acceptors (Lipinski definition) is 4. The van der Waals surface area contributed by atoms with Crippen molar-refractivity contribution in [2.45, 2.75) is 0 Å². The maximum Gasteiger partial charge on any atom is 0.274 e. The number of non-ortho nitro benzene ring substituents is 1. The lowest BCUT2D eigenvalue weighted by molar-refractivity contribution is -0.385. The van der Waals surface area contributed by atoms with Crippen LogP contribution in [0.1, 0.15) is 5.56 Å². The molecule has 0 fully saturated rings. The molecule has 0 saturated carbocycles. The maximum atomic E-state index is 10.8. The summed E-state index contributed by atoms with van der Waals surface area (Å²) in [7, 11) is 0. The molecule has 2 rings (SSSR count). The highest BCUT2D eigenvalue weighted by Gasteiger charge is 2.12. The zero-order valence-electron chi connectivity index (χ0n) is 9.84. The number of benzene rings is 2. The molecule has 0 saturated heterocycles. The largest absolute Gasteiger partial charge is 0.456 e. The van der Waals surface area contributed by atoms with E-state index in [0.717, 1.165) is 4.47 Å². The quantitative estimate of drug-likeness (QED) is 0.551. The van der Waals surface area contributed by atoms with E-state index >= 15 is 0 Å². The van der Waals surface area contributed by atoms with E-state index in [0.29, 0.717) is 15.8 Å². The Morgan fingerprint density at radius 3 is 2.55 bits per heavy atom. The summed E-state index contributed by atoms with van der Waals surface area (Å²) in [4.78, 5) is 10.3. The number of hydrogen-bond donors (Lipinski definition) is 0. The van der Waals surface area contributed by atoms with Crippen molar-refractivity contribution < 1.29 is 9.66 Å². The second kappa shape index (κ2) is 6.03. The number of nitriles is 1. The number of nitro groups is 1. The van der Waals surface area contributed by atoms with Gasteiger partial charge in [-0.2, -0.15) is 5.26 Å². The lowest BCUT2D eigenvalue weighted by Gasteiger charge is -2.08. The maximum absolute atomic E-state index is 10.8. The van der Waals surface area contributed by atoms with Crippen molar-refractivity contribution in [2.75, 3.05) is 0 Å². The predicted molar refractivity (Wildman–Crippen MR) is 79.7 cm³/mol. The van der Waals surface area contributed by atoms with Gasteiger partial charge in [0.1, 0.15) is 17.6 Å². The van der Waals surface area contributed by atoms with Crippen LogP contribution in [0.3, 0.4) is 0 Å². The fraction of sp³-hybridized carbons (Fsp3) is 0. The Morgan fingerprint density at radius 1 is 1.15 bits per heavy atom. The normalized spacial score (nSPS) is 9.85. The van der Waals surface area contributed by atoms with E-state index in [-0.39, 0.29) is 11.4 Å². The van der Waals surface area contributed by atoms with Crippen molar-refractivity contribution in [2.24, 2.45) is 0 Å². The van der Waals surface area contributed by atoms with Crippen molar-refractivity contribution in [1.82, 2.24) is 0 Å². The highest BCUT2D eigenvalue weighted by Crippen LogP contribution is 2.32. The van der Waals surface area contributed by atoms with E-state index in [1.54, 1.807) is 24.3 Å². The third kappa shape index (κ3) is 3.35. The molecular formula is C13H6Br2N2O3. The fourth-order valence-electron chi connectivity index (χ4n) is 1.52. The van der Waals surface area contributed by atoms with Gasteiger partial charge < -0.3 is 4.74 Å². The molecule has 0 spiro atoms. The molecule has 0 amide bonds. The monoisotopic (exact) mass is 396 g/mol. The van der Waals surface area contributed by atoms with Gasteiger partial charge in [0, 0.05) is 15.0 Å². The Kier molecular flexibility index (Phi) is 4.37. The van der Waals surface area contributed by atoms with Crippen LogP contribution in [-0.2, 0) is 0 Å². The average Bonchev–Trinajstić information content (AvgIpc) is 2.40. The van der Waals surface area contributed by atoms with Gasteiger partial charge in [-0.05, 0) is 24.3 Å². The van der Waals surface area contributed by atoms with Crippen molar-refractivity contribution in [1.29, 1.82) is 5.26 Å². The molecule has 5 nitrogen and oxygen atoms in total. The van der Waals surface area contributed by atoms with E-state index in [1.807, 2.05) is 6.07 Å². The molecule has 0 aliphatic rings. The summed E-state index contributed by atoms with van der Waals surface area (Å²) in [6.07, 6.45) is 0. The van der Waals surface area contributed by atoms with Gasteiger partial charge in [-0.3, -0.25) is 10.1 Å². The molecule has 0 N–H and O–H groups in total. The summed E-state index contributed by atoms with van der Waals surface area (Å²) in [5.74, 6) is 0.619. The minimum Gasteiger partial charge on any atom is -0.456 e. The first-order chi connectivity index (χ1) is 9.49. The molecular weight excluding hydrogens is 392 g/mol. The van der Waals surface area contributed by atoms with Gasteiger partial charge in [-0.1, -0.05) is 31.9 Å². The lowest BCUT2D eigenvalue weighted by Crippen LogP contribution is -1.92. The van der Waals surface area contributed by atoms with Crippen molar-refractivity contribution in [3.8, 4) is 17.6 Å². The van der Waals surface area contributed by atoms with Crippen molar-refractivity contribution in [3.63, 3.8) is 0 Å². The number of nitro benzene ring substituents is 1. The molecule has 100 valence electrons. The van der Waals surface area contributed by atoms with E-state index in [4.69, 9.17) is 10.00 Å². The Morgan fingerprint density at radius 2 is 1.90 bits per heavy atom. The molecule has 0 aromatic heterocycles. The third-order valence-electron chi connectivity index (χ3n) is 2.36. The molecule has 0 bridgehead atoms. The first kappa shape index (κ1) is 14.5. The van der Waals surface area contributed by atoms with Crippen LogP contribution in [0.2, 0.25) is 0 Å². The van der Waals surface area contributed by atoms with Crippen LogP contribution in [0.25, 0.3) is 0 Å². The second-order valence-corrected chi connectivity index (χ2v) is 5.59. The summed E-state index contributed by atoms with van der Waals surface area (Å²) in [6.45, 7) is 0. The van der Waals surface area contributed by atoms with Crippen LogP contribution in [0.4, 0.5) is 5.69 Å². The van der Waals surface area contributed by atoms with Gasteiger partial charge in [0.05, 0.1) is 16.6 Å². The summed E-state index contributed by atoms with van der Waals surface area (Å²) in [5, 5.41) is 19.8. The molecule has 20 heavy (non-hydrogen) atoms. The van der Waals surface area contributed by atoms with Crippen LogP contribution in [-0.4, -0.2) is 4.92 Å². The van der Waals surface area contributed by atoms with Gasteiger partial charge in [-0.25, -0.2) is 0 Å². The molecule has 0 heterocycles. The number of ether oxygens (including phenoxy) is 1. The first-order valence-corrected chi connectivity index (χ1v) is 6.90. The van der Waals surface area contributed by atoms with Gasteiger partial charge in [0.25, 0.3) is 5.69 Å². The van der Waals surface area contributed by atoms with Crippen LogP contribution < -0.4 is 4.74 Å². The molecule has 0 radical (unpaired) electrons. The topological polar surface area (TPSA) is 76.2 Å². The van der Waals surface area contributed by atoms with Gasteiger partial charge in [0.15, 0.2) is 0 Å². The molecule has 0 aliphatic carbocycles. The van der Waals surface area contributed by atoms with E-state index in [2.05, 4.69) is 31.9 Å². The molecule has 2 aromatic carbocycles. The molecule has 2 aromatic rings. The number of nitrogens with zero attached hydrogens (tertiary/aromatic N) is 2. The smallest absolute Gasteiger partial charge is 0.274 e. The second-order valence-electron chi connectivity index (χ2n) is 3.76. The lowest BCUT2D eigenvalue weighted by atomic mass is 10.2. The molecule has 0 atom stereocenters. The first-order valence-electron chi connectivity index (χ1n) is 5.32. The van der Waals surface area contributed by atoms with Gasteiger partial charge in [0.2, 0.25) is 0 Å². The van der Waals surface area contributed by atoms with E-state index in [1.165, 1.54) is 12.1 Å². The SMILES string of the molecule is N#Cc1cc(Br)ccc1Oc1cc(Br)cc([N+](=O)[O-])c1. The van der Waals surface area contributed by atoms with Gasteiger partial charge >= 0.3 is 0 Å². The highest BCUT2D eigenvalue weighted by atomic mass is 79.9. The van der Waals surface area contributed by atoms with E-state index in [9.17, 15) is 10.1 Å². The van der Waals surface area contributed by atoms with Crippen LogP contribution >= 0.6 is 31.9 Å².